The van der Waals surface area contributed by atoms with Crippen molar-refractivity contribution in [2.24, 2.45) is 5.92 Å². The summed E-state index contributed by atoms with van der Waals surface area (Å²) in [6.45, 7) is 3.64. The van der Waals surface area contributed by atoms with Crippen LogP contribution < -0.4 is 4.74 Å². The average molecular weight is 441 g/mol. The molecule has 31 heavy (non-hydrogen) atoms. The fourth-order valence-corrected chi connectivity index (χ4v) is 4.50. The molecule has 2 heterocycles. The molecule has 0 saturated carbocycles. The van der Waals surface area contributed by atoms with E-state index in [1.165, 1.54) is 6.42 Å². The van der Waals surface area contributed by atoms with Gasteiger partial charge in [-0.3, -0.25) is 9.59 Å². The Morgan fingerprint density at radius 2 is 1.58 bits per heavy atom. The van der Waals surface area contributed by atoms with Gasteiger partial charge in [-0.25, -0.2) is 0 Å². The van der Waals surface area contributed by atoms with Crippen LogP contribution in [0.2, 0.25) is 5.02 Å². The van der Waals surface area contributed by atoms with E-state index in [2.05, 4.69) is 0 Å². The summed E-state index contributed by atoms with van der Waals surface area (Å²) in [6, 6.07) is 14.5. The molecule has 0 spiro atoms. The summed E-state index contributed by atoms with van der Waals surface area (Å²) in [4.78, 5) is 29.4. The molecule has 2 saturated heterocycles. The van der Waals surface area contributed by atoms with Crippen molar-refractivity contribution in [2.75, 3.05) is 32.8 Å². The Balaban J connectivity index is 1.33. The van der Waals surface area contributed by atoms with Crippen LogP contribution in [0.15, 0.2) is 48.5 Å². The van der Waals surface area contributed by atoms with Gasteiger partial charge in [0.25, 0.3) is 11.8 Å². The third-order valence-corrected chi connectivity index (χ3v) is 6.36. The molecule has 0 radical (unpaired) electrons. The average Bonchev–Trinajstić information content (AvgIpc) is 2.83. The van der Waals surface area contributed by atoms with E-state index in [0.29, 0.717) is 35.1 Å². The van der Waals surface area contributed by atoms with Gasteiger partial charge in [0.2, 0.25) is 0 Å². The van der Waals surface area contributed by atoms with Crippen LogP contribution in [0.25, 0.3) is 0 Å². The fourth-order valence-electron chi connectivity index (χ4n) is 4.37. The molecule has 0 aromatic heterocycles. The number of hydrogen-bond acceptors (Lipinski definition) is 3. The second-order valence-corrected chi connectivity index (χ2v) is 8.89. The highest BCUT2D eigenvalue weighted by molar-refractivity contribution is 6.30. The Labute approximate surface area is 188 Å². The number of hydrogen-bond donors (Lipinski definition) is 0. The zero-order chi connectivity index (χ0) is 21.6. The summed E-state index contributed by atoms with van der Waals surface area (Å²) in [5, 5.41) is 0.627. The number of halogens is 1. The third kappa shape index (κ3) is 5.59. The number of nitrogens with zero attached hydrogens (tertiary/aromatic N) is 2. The summed E-state index contributed by atoms with van der Waals surface area (Å²) in [5.74, 6) is 1.11. The molecule has 0 unspecified atom stereocenters. The van der Waals surface area contributed by atoms with Crippen molar-refractivity contribution in [3.05, 3.63) is 64.7 Å². The van der Waals surface area contributed by atoms with Crippen LogP contribution in [-0.2, 0) is 0 Å². The van der Waals surface area contributed by atoms with Crippen molar-refractivity contribution >= 4 is 23.4 Å². The molecule has 2 amide bonds. The maximum Gasteiger partial charge on any atom is 0.253 e. The van der Waals surface area contributed by atoms with Crippen LogP contribution >= 0.6 is 11.6 Å². The molecule has 1 atom stereocenters. The van der Waals surface area contributed by atoms with E-state index in [0.717, 1.165) is 45.3 Å². The van der Waals surface area contributed by atoms with Gasteiger partial charge in [0.15, 0.2) is 0 Å². The van der Waals surface area contributed by atoms with Crippen molar-refractivity contribution in [2.45, 2.75) is 32.1 Å². The number of benzene rings is 2. The first-order valence-corrected chi connectivity index (χ1v) is 11.5. The second kappa shape index (κ2) is 10.2. The van der Waals surface area contributed by atoms with Gasteiger partial charge in [0.1, 0.15) is 5.75 Å². The van der Waals surface area contributed by atoms with Crippen molar-refractivity contribution in [1.29, 1.82) is 0 Å². The lowest BCUT2D eigenvalue weighted by Crippen LogP contribution is -2.41. The Morgan fingerprint density at radius 1 is 0.871 bits per heavy atom. The lowest BCUT2D eigenvalue weighted by Gasteiger charge is -2.32. The van der Waals surface area contributed by atoms with Gasteiger partial charge in [-0.05, 0) is 74.6 Å². The third-order valence-electron chi connectivity index (χ3n) is 6.11. The number of carbonyl (C=O) groups excluding carboxylic acids is 2. The standard InChI is InChI=1S/C25H29ClN2O3/c26-22-11-9-20(10-12-22)24(29)28-15-5-6-19(17-28)18-31-23-8-4-7-21(16-23)25(30)27-13-2-1-3-14-27/h4,7-12,16,19H,1-3,5-6,13-15,17-18H2/t19-/m1/s1. The molecule has 2 aliphatic rings. The van der Waals surface area contributed by atoms with E-state index in [1.54, 1.807) is 24.3 Å². The number of ether oxygens (including phenoxy) is 1. The SMILES string of the molecule is O=C(c1cccc(OC[C@@H]2CCCN(C(=O)c3ccc(Cl)cc3)C2)c1)N1CCCCC1. The van der Waals surface area contributed by atoms with E-state index < -0.39 is 0 Å². The Kier molecular flexibility index (Phi) is 7.13. The summed E-state index contributed by atoms with van der Waals surface area (Å²) in [7, 11) is 0. The quantitative estimate of drug-likeness (QED) is 0.664. The summed E-state index contributed by atoms with van der Waals surface area (Å²) in [5.41, 5.74) is 1.34. The fraction of sp³-hybridized carbons (Fsp3) is 0.440. The lowest BCUT2D eigenvalue weighted by atomic mass is 9.98. The molecule has 0 aliphatic carbocycles. The van der Waals surface area contributed by atoms with Gasteiger partial charge in [0.05, 0.1) is 6.61 Å². The van der Waals surface area contributed by atoms with Gasteiger partial charge in [-0.15, -0.1) is 0 Å². The predicted octanol–water partition coefficient (Wildman–Crippen LogP) is 4.90. The van der Waals surface area contributed by atoms with Gasteiger partial charge < -0.3 is 14.5 Å². The predicted molar refractivity (Wildman–Crippen MR) is 122 cm³/mol. The Morgan fingerprint density at radius 3 is 2.35 bits per heavy atom. The van der Waals surface area contributed by atoms with E-state index in [-0.39, 0.29) is 17.7 Å². The molecular formula is C25H29ClN2O3. The van der Waals surface area contributed by atoms with Crippen molar-refractivity contribution < 1.29 is 14.3 Å². The maximum atomic E-state index is 12.8. The van der Waals surface area contributed by atoms with E-state index in [9.17, 15) is 9.59 Å². The second-order valence-electron chi connectivity index (χ2n) is 8.46. The molecule has 5 nitrogen and oxygen atoms in total. The minimum absolute atomic E-state index is 0.0375. The lowest BCUT2D eigenvalue weighted by molar-refractivity contribution is 0.0631. The zero-order valence-electron chi connectivity index (χ0n) is 17.8. The molecule has 6 heteroatoms. The number of likely N-dealkylation sites (tertiary alicyclic amines) is 2. The van der Waals surface area contributed by atoms with E-state index >= 15 is 0 Å². The topological polar surface area (TPSA) is 49.9 Å². The summed E-state index contributed by atoms with van der Waals surface area (Å²) >= 11 is 5.93. The maximum absolute atomic E-state index is 12.8. The van der Waals surface area contributed by atoms with Crippen molar-refractivity contribution in [3.8, 4) is 5.75 Å². The first kappa shape index (κ1) is 21.7. The first-order chi connectivity index (χ1) is 15.1. The van der Waals surface area contributed by atoms with Crippen LogP contribution in [-0.4, -0.2) is 54.4 Å². The number of carbonyl (C=O) groups is 2. The van der Waals surface area contributed by atoms with Crippen molar-refractivity contribution in [3.63, 3.8) is 0 Å². The molecule has 2 fully saturated rings. The van der Waals surface area contributed by atoms with Crippen LogP contribution in [0, 0.1) is 5.92 Å². The molecule has 2 aliphatic heterocycles. The number of amides is 2. The van der Waals surface area contributed by atoms with Crippen LogP contribution in [0.3, 0.4) is 0 Å². The molecular weight excluding hydrogens is 412 g/mol. The number of rotatable bonds is 5. The van der Waals surface area contributed by atoms with Gasteiger partial charge >= 0.3 is 0 Å². The smallest absolute Gasteiger partial charge is 0.253 e. The highest BCUT2D eigenvalue weighted by atomic mass is 35.5. The Hall–Kier alpha value is -2.53. The minimum atomic E-state index is 0.0375. The molecule has 4 rings (SSSR count). The molecule has 164 valence electrons. The largest absolute Gasteiger partial charge is 0.493 e. The highest BCUT2D eigenvalue weighted by Crippen LogP contribution is 2.22. The molecule has 2 aromatic carbocycles. The van der Waals surface area contributed by atoms with Gasteiger partial charge in [-0.2, -0.15) is 0 Å². The minimum Gasteiger partial charge on any atom is -0.493 e. The summed E-state index contributed by atoms with van der Waals surface area (Å²) in [6.07, 6.45) is 5.34. The summed E-state index contributed by atoms with van der Waals surface area (Å²) < 4.78 is 6.05. The van der Waals surface area contributed by atoms with Gasteiger partial charge in [0, 0.05) is 48.2 Å². The van der Waals surface area contributed by atoms with Crippen molar-refractivity contribution in [1.82, 2.24) is 9.80 Å². The molecule has 0 bridgehead atoms. The first-order valence-electron chi connectivity index (χ1n) is 11.2. The normalized spacial score (nSPS) is 19.2. The van der Waals surface area contributed by atoms with Crippen LogP contribution in [0.5, 0.6) is 5.75 Å². The molecule has 2 aromatic rings. The number of piperidine rings is 2. The Bertz CT molecular complexity index is 909. The molecule has 0 N–H and O–H groups in total. The van der Waals surface area contributed by atoms with Crippen LogP contribution in [0.4, 0.5) is 0 Å². The van der Waals surface area contributed by atoms with Crippen LogP contribution in [0.1, 0.15) is 52.8 Å². The highest BCUT2D eigenvalue weighted by Gasteiger charge is 2.25. The zero-order valence-corrected chi connectivity index (χ0v) is 18.5. The van der Waals surface area contributed by atoms with E-state index in [1.807, 2.05) is 34.1 Å². The van der Waals surface area contributed by atoms with Gasteiger partial charge in [-0.1, -0.05) is 17.7 Å². The monoisotopic (exact) mass is 440 g/mol. The van der Waals surface area contributed by atoms with E-state index in [4.69, 9.17) is 16.3 Å².